The molecule has 0 radical (unpaired) electrons. The molecule has 0 spiro atoms. The van der Waals surface area contributed by atoms with Crippen molar-refractivity contribution in [2.45, 2.75) is 20.3 Å². The van der Waals surface area contributed by atoms with Crippen molar-refractivity contribution < 1.29 is 4.79 Å². The summed E-state index contributed by atoms with van der Waals surface area (Å²) in [6.45, 7) is 4.70. The molecule has 0 aliphatic carbocycles. The SMILES string of the molecule is Cc1ccc(/C=C/C(=O)NCCc2ccccn2)c(C)c1. The van der Waals surface area contributed by atoms with Crippen LogP contribution in [0.25, 0.3) is 6.08 Å². The summed E-state index contributed by atoms with van der Waals surface area (Å²) in [7, 11) is 0. The van der Waals surface area contributed by atoms with E-state index in [1.54, 1.807) is 12.3 Å². The van der Waals surface area contributed by atoms with E-state index in [4.69, 9.17) is 0 Å². The summed E-state index contributed by atoms with van der Waals surface area (Å²) in [6.07, 6.45) is 5.93. The molecule has 0 atom stereocenters. The molecule has 0 bridgehead atoms. The van der Waals surface area contributed by atoms with Gasteiger partial charge in [0.25, 0.3) is 0 Å². The smallest absolute Gasteiger partial charge is 0.244 e. The molecule has 0 saturated carbocycles. The molecule has 21 heavy (non-hydrogen) atoms. The topological polar surface area (TPSA) is 42.0 Å². The minimum atomic E-state index is -0.0779. The van der Waals surface area contributed by atoms with Gasteiger partial charge in [0.05, 0.1) is 0 Å². The maximum atomic E-state index is 11.8. The summed E-state index contributed by atoms with van der Waals surface area (Å²) in [6, 6.07) is 12.0. The third kappa shape index (κ3) is 4.88. The Morgan fingerprint density at radius 3 is 2.81 bits per heavy atom. The Hall–Kier alpha value is -2.42. The fourth-order valence-electron chi connectivity index (χ4n) is 2.10. The number of aromatic nitrogens is 1. The molecule has 1 N–H and O–H groups in total. The van der Waals surface area contributed by atoms with Gasteiger partial charge in [-0.15, -0.1) is 0 Å². The van der Waals surface area contributed by atoms with Crippen LogP contribution in [-0.4, -0.2) is 17.4 Å². The van der Waals surface area contributed by atoms with Crippen LogP contribution in [0.4, 0.5) is 0 Å². The first kappa shape index (κ1) is 15.0. The molecule has 3 nitrogen and oxygen atoms in total. The molecule has 2 aromatic rings. The Kier molecular flexibility index (Phi) is 5.27. The van der Waals surface area contributed by atoms with Crippen molar-refractivity contribution in [3.63, 3.8) is 0 Å². The monoisotopic (exact) mass is 280 g/mol. The van der Waals surface area contributed by atoms with Crippen LogP contribution in [-0.2, 0) is 11.2 Å². The highest BCUT2D eigenvalue weighted by atomic mass is 16.1. The minimum absolute atomic E-state index is 0.0779. The maximum Gasteiger partial charge on any atom is 0.244 e. The zero-order valence-electron chi connectivity index (χ0n) is 12.5. The summed E-state index contributed by atoms with van der Waals surface area (Å²) in [5, 5.41) is 2.87. The second-order valence-corrected chi connectivity index (χ2v) is 5.06. The van der Waals surface area contributed by atoms with Gasteiger partial charge in [-0.05, 0) is 43.2 Å². The summed E-state index contributed by atoms with van der Waals surface area (Å²) in [5.74, 6) is -0.0779. The van der Waals surface area contributed by atoms with Gasteiger partial charge in [-0.1, -0.05) is 29.8 Å². The van der Waals surface area contributed by atoms with Crippen molar-refractivity contribution in [2.24, 2.45) is 0 Å². The number of hydrogen-bond donors (Lipinski definition) is 1. The molecule has 2 rings (SSSR count). The van der Waals surface area contributed by atoms with E-state index in [0.717, 1.165) is 17.7 Å². The fourth-order valence-corrected chi connectivity index (χ4v) is 2.10. The largest absolute Gasteiger partial charge is 0.352 e. The fraction of sp³-hybridized carbons (Fsp3) is 0.222. The number of hydrogen-bond acceptors (Lipinski definition) is 2. The Morgan fingerprint density at radius 2 is 2.10 bits per heavy atom. The Morgan fingerprint density at radius 1 is 1.24 bits per heavy atom. The number of rotatable bonds is 5. The highest BCUT2D eigenvalue weighted by Crippen LogP contribution is 2.11. The highest BCUT2D eigenvalue weighted by Gasteiger charge is 1.98. The van der Waals surface area contributed by atoms with E-state index < -0.39 is 0 Å². The van der Waals surface area contributed by atoms with Crippen LogP contribution in [0.2, 0.25) is 0 Å². The summed E-state index contributed by atoms with van der Waals surface area (Å²) < 4.78 is 0. The van der Waals surface area contributed by atoms with Gasteiger partial charge in [-0.3, -0.25) is 9.78 Å². The van der Waals surface area contributed by atoms with Gasteiger partial charge in [0.2, 0.25) is 5.91 Å². The lowest BCUT2D eigenvalue weighted by molar-refractivity contribution is -0.116. The van der Waals surface area contributed by atoms with Crippen LogP contribution in [0, 0.1) is 13.8 Å². The Bertz CT molecular complexity index is 633. The van der Waals surface area contributed by atoms with Crippen LogP contribution in [0.1, 0.15) is 22.4 Å². The Labute approximate surface area is 125 Å². The molecular formula is C18H20N2O. The van der Waals surface area contributed by atoms with Crippen LogP contribution < -0.4 is 5.32 Å². The van der Waals surface area contributed by atoms with Gasteiger partial charge in [0.15, 0.2) is 0 Å². The number of benzene rings is 1. The van der Waals surface area contributed by atoms with E-state index in [-0.39, 0.29) is 5.91 Å². The van der Waals surface area contributed by atoms with E-state index >= 15 is 0 Å². The lowest BCUT2D eigenvalue weighted by Gasteiger charge is -2.03. The van der Waals surface area contributed by atoms with E-state index in [1.807, 2.05) is 43.3 Å². The van der Waals surface area contributed by atoms with Crippen LogP contribution in [0.5, 0.6) is 0 Å². The van der Waals surface area contributed by atoms with Crippen molar-refractivity contribution in [2.75, 3.05) is 6.54 Å². The molecule has 0 aliphatic heterocycles. The molecule has 1 amide bonds. The first-order valence-electron chi connectivity index (χ1n) is 7.08. The number of pyridine rings is 1. The first-order valence-corrected chi connectivity index (χ1v) is 7.08. The summed E-state index contributed by atoms with van der Waals surface area (Å²) >= 11 is 0. The van der Waals surface area contributed by atoms with Crippen LogP contribution >= 0.6 is 0 Å². The van der Waals surface area contributed by atoms with Gasteiger partial charge >= 0.3 is 0 Å². The number of amides is 1. The van der Waals surface area contributed by atoms with Crippen molar-refractivity contribution >= 4 is 12.0 Å². The average molecular weight is 280 g/mol. The van der Waals surface area contributed by atoms with Gasteiger partial charge in [-0.25, -0.2) is 0 Å². The molecule has 3 heteroatoms. The average Bonchev–Trinajstić information content (AvgIpc) is 2.47. The van der Waals surface area contributed by atoms with Gasteiger partial charge in [0.1, 0.15) is 0 Å². The molecule has 1 aromatic heterocycles. The quantitative estimate of drug-likeness (QED) is 0.855. The molecule has 0 fully saturated rings. The third-order valence-electron chi connectivity index (χ3n) is 3.25. The van der Waals surface area contributed by atoms with Crippen molar-refractivity contribution in [3.05, 3.63) is 71.1 Å². The standard InChI is InChI=1S/C18H20N2O/c1-14-6-7-16(15(2)13-14)8-9-18(21)20-12-10-17-5-3-4-11-19-17/h3-9,11,13H,10,12H2,1-2H3,(H,20,21)/b9-8+. The second-order valence-electron chi connectivity index (χ2n) is 5.06. The molecule has 0 saturated heterocycles. The van der Waals surface area contributed by atoms with Crippen LogP contribution in [0.15, 0.2) is 48.7 Å². The molecule has 1 heterocycles. The van der Waals surface area contributed by atoms with E-state index in [2.05, 4.69) is 23.3 Å². The van der Waals surface area contributed by atoms with Gasteiger partial charge < -0.3 is 5.32 Å². The lowest BCUT2D eigenvalue weighted by atomic mass is 10.1. The predicted molar refractivity (Wildman–Crippen MR) is 85.9 cm³/mol. The summed E-state index contributed by atoms with van der Waals surface area (Å²) in [5.41, 5.74) is 4.45. The third-order valence-corrected chi connectivity index (χ3v) is 3.25. The minimum Gasteiger partial charge on any atom is -0.352 e. The number of nitrogens with zero attached hydrogens (tertiary/aromatic N) is 1. The molecular weight excluding hydrogens is 260 g/mol. The number of nitrogens with one attached hydrogen (secondary N) is 1. The number of carbonyl (C=O) groups is 1. The van der Waals surface area contributed by atoms with Crippen LogP contribution in [0.3, 0.4) is 0 Å². The first-order chi connectivity index (χ1) is 10.1. The number of carbonyl (C=O) groups excluding carboxylic acids is 1. The maximum absolute atomic E-state index is 11.8. The van der Waals surface area contributed by atoms with E-state index in [1.165, 1.54) is 11.1 Å². The van der Waals surface area contributed by atoms with Gasteiger partial charge in [0, 0.05) is 30.9 Å². The zero-order valence-corrected chi connectivity index (χ0v) is 12.5. The lowest BCUT2D eigenvalue weighted by Crippen LogP contribution is -2.23. The van der Waals surface area contributed by atoms with Gasteiger partial charge in [-0.2, -0.15) is 0 Å². The van der Waals surface area contributed by atoms with Crippen molar-refractivity contribution in [3.8, 4) is 0 Å². The van der Waals surface area contributed by atoms with Crippen molar-refractivity contribution in [1.82, 2.24) is 10.3 Å². The molecule has 108 valence electrons. The van der Waals surface area contributed by atoms with E-state index in [0.29, 0.717) is 6.54 Å². The van der Waals surface area contributed by atoms with E-state index in [9.17, 15) is 4.79 Å². The Balaban J connectivity index is 1.82. The van der Waals surface area contributed by atoms with Crippen molar-refractivity contribution in [1.29, 1.82) is 0 Å². The second kappa shape index (κ2) is 7.39. The summed E-state index contributed by atoms with van der Waals surface area (Å²) in [4.78, 5) is 16.0. The predicted octanol–water partition coefficient (Wildman–Crippen LogP) is 3.07. The zero-order chi connectivity index (χ0) is 15.1. The normalized spacial score (nSPS) is 10.8. The molecule has 0 aliphatic rings. The molecule has 1 aromatic carbocycles. The highest BCUT2D eigenvalue weighted by molar-refractivity contribution is 5.91. The molecule has 0 unspecified atom stereocenters. The number of aryl methyl sites for hydroxylation is 2.